The minimum absolute atomic E-state index is 0.0407. The predicted molar refractivity (Wildman–Crippen MR) is 146 cm³/mol. The summed E-state index contributed by atoms with van der Waals surface area (Å²) >= 11 is 3.59. The monoisotopic (exact) mass is 526 g/mol. The molecule has 0 aliphatic rings. The van der Waals surface area contributed by atoms with Gasteiger partial charge in [-0.1, -0.05) is 46.3 Å². The van der Waals surface area contributed by atoms with Gasteiger partial charge in [-0.3, -0.25) is 4.79 Å². The van der Waals surface area contributed by atoms with Gasteiger partial charge < -0.3 is 20.4 Å². The summed E-state index contributed by atoms with van der Waals surface area (Å²) in [5.41, 5.74) is 4.95. The van der Waals surface area contributed by atoms with Crippen molar-refractivity contribution in [1.29, 1.82) is 0 Å². The maximum Gasteiger partial charge on any atom is 0.303 e. The number of imidazole rings is 1. The molecule has 4 aromatic carbocycles. The maximum absolute atomic E-state index is 11.0. The lowest BCUT2D eigenvalue weighted by atomic mass is 9.99. The highest BCUT2D eigenvalue weighted by Gasteiger charge is 2.17. The predicted octanol–water partition coefficient (Wildman–Crippen LogP) is 7.45. The van der Waals surface area contributed by atoms with Gasteiger partial charge in [-0.2, -0.15) is 0 Å². The number of carboxylic acid groups (broad SMARTS) is 1. The van der Waals surface area contributed by atoms with E-state index in [1.165, 1.54) is 0 Å². The number of nitrogens with one attached hydrogen (secondary N) is 3. The molecule has 6 aromatic rings. The van der Waals surface area contributed by atoms with E-state index in [1.54, 1.807) is 0 Å². The minimum atomic E-state index is -0.779. The van der Waals surface area contributed by atoms with Crippen molar-refractivity contribution in [3.05, 3.63) is 71.3 Å². The zero-order valence-corrected chi connectivity index (χ0v) is 20.6. The summed E-state index contributed by atoms with van der Waals surface area (Å²) in [5, 5.41) is 18.0. The zero-order valence-electron chi connectivity index (χ0n) is 19.0. The van der Waals surface area contributed by atoms with E-state index in [0.717, 1.165) is 65.0 Å². The highest BCUT2D eigenvalue weighted by atomic mass is 79.9. The molecular weight excluding hydrogens is 504 g/mol. The maximum atomic E-state index is 11.0. The molecule has 0 radical (unpaired) electrons. The van der Waals surface area contributed by atoms with Crippen LogP contribution in [-0.2, 0) is 4.79 Å². The van der Waals surface area contributed by atoms with Gasteiger partial charge in [-0.05, 0) is 54.4 Å². The summed E-state index contributed by atoms with van der Waals surface area (Å²) in [6, 6.07) is 20.9. The molecule has 1 atom stereocenters. The molecule has 0 fully saturated rings. The van der Waals surface area contributed by atoms with E-state index < -0.39 is 5.97 Å². The largest absolute Gasteiger partial charge is 0.481 e. The quantitative estimate of drug-likeness (QED) is 0.169. The lowest BCUT2D eigenvalue weighted by Gasteiger charge is -2.15. The second-order valence-corrected chi connectivity index (χ2v) is 9.90. The van der Waals surface area contributed by atoms with Gasteiger partial charge in [0, 0.05) is 56.1 Å². The second kappa shape index (κ2) is 8.43. The molecule has 0 spiro atoms. The molecule has 2 heterocycles. The van der Waals surface area contributed by atoms with Gasteiger partial charge in [0.25, 0.3) is 0 Å². The van der Waals surface area contributed by atoms with Crippen molar-refractivity contribution >= 4 is 71.1 Å². The van der Waals surface area contributed by atoms with E-state index in [-0.39, 0.29) is 12.5 Å². The number of anilines is 1. The third kappa shape index (κ3) is 3.82. The molecule has 4 N–H and O–H groups in total. The number of aromatic amines is 2. The average Bonchev–Trinajstić information content (AvgIpc) is 3.47. The first-order chi connectivity index (χ1) is 17.0. The van der Waals surface area contributed by atoms with Crippen molar-refractivity contribution < 1.29 is 9.90 Å². The Labute approximate surface area is 209 Å². The van der Waals surface area contributed by atoms with Crippen LogP contribution in [0.3, 0.4) is 0 Å². The van der Waals surface area contributed by atoms with Crippen LogP contribution >= 0.6 is 15.9 Å². The van der Waals surface area contributed by atoms with Crippen molar-refractivity contribution in [2.45, 2.75) is 25.8 Å². The topological polar surface area (TPSA) is 93.8 Å². The number of rotatable bonds is 6. The number of hydrogen-bond acceptors (Lipinski definition) is 3. The van der Waals surface area contributed by atoms with Crippen molar-refractivity contribution in [2.24, 2.45) is 0 Å². The van der Waals surface area contributed by atoms with Crippen molar-refractivity contribution in [2.75, 3.05) is 5.32 Å². The Morgan fingerprint density at radius 1 is 1.03 bits per heavy atom. The SMILES string of the molecule is CC(CCC(=O)O)Nc1ccc2c3ccccc3c3[nH]c(-c4c[nH]c5ccc(Br)cc45)nc3c2c1. The summed E-state index contributed by atoms with van der Waals surface area (Å²) in [4.78, 5) is 23.0. The van der Waals surface area contributed by atoms with Crippen molar-refractivity contribution in [1.82, 2.24) is 15.0 Å². The Hall–Kier alpha value is -3.84. The fraction of sp³-hybridized carbons (Fsp3) is 0.143. The minimum Gasteiger partial charge on any atom is -0.481 e. The third-order valence-electron chi connectivity index (χ3n) is 6.57. The van der Waals surface area contributed by atoms with Crippen LogP contribution in [0.1, 0.15) is 19.8 Å². The van der Waals surface area contributed by atoms with Crippen LogP contribution in [0, 0.1) is 0 Å². The molecule has 0 aliphatic heterocycles. The average molecular weight is 527 g/mol. The van der Waals surface area contributed by atoms with E-state index in [9.17, 15) is 4.79 Å². The molecule has 0 saturated carbocycles. The molecule has 0 saturated heterocycles. The van der Waals surface area contributed by atoms with E-state index in [4.69, 9.17) is 10.1 Å². The van der Waals surface area contributed by atoms with Crippen LogP contribution in [0.2, 0.25) is 0 Å². The molecule has 6 rings (SSSR count). The molecule has 0 aliphatic carbocycles. The van der Waals surface area contributed by atoms with Gasteiger partial charge in [0.15, 0.2) is 0 Å². The smallest absolute Gasteiger partial charge is 0.303 e. The third-order valence-corrected chi connectivity index (χ3v) is 7.06. The fourth-order valence-corrected chi connectivity index (χ4v) is 5.24. The van der Waals surface area contributed by atoms with Gasteiger partial charge in [0.2, 0.25) is 0 Å². The molecule has 174 valence electrons. The summed E-state index contributed by atoms with van der Waals surface area (Å²) in [6.07, 6.45) is 2.69. The number of H-pyrrole nitrogens is 2. The molecular formula is C28H23BrN4O2. The van der Waals surface area contributed by atoms with Crippen LogP contribution in [0.5, 0.6) is 0 Å². The molecule has 0 amide bonds. The first-order valence-corrected chi connectivity index (χ1v) is 12.4. The number of aromatic nitrogens is 3. The number of benzene rings is 4. The fourth-order valence-electron chi connectivity index (χ4n) is 4.88. The second-order valence-electron chi connectivity index (χ2n) is 8.99. The molecule has 7 heteroatoms. The van der Waals surface area contributed by atoms with Gasteiger partial charge in [-0.15, -0.1) is 0 Å². The number of halogens is 1. The lowest BCUT2D eigenvalue weighted by Crippen LogP contribution is -2.16. The van der Waals surface area contributed by atoms with Crippen LogP contribution in [0.4, 0.5) is 5.69 Å². The van der Waals surface area contributed by atoms with Crippen LogP contribution in [0.25, 0.3) is 54.9 Å². The molecule has 6 nitrogen and oxygen atoms in total. The van der Waals surface area contributed by atoms with Gasteiger partial charge >= 0.3 is 5.97 Å². The van der Waals surface area contributed by atoms with Crippen molar-refractivity contribution in [3.8, 4) is 11.4 Å². The van der Waals surface area contributed by atoms with Gasteiger partial charge in [0.05, 0.1) is 11.0 Å². The number of fused-ring (bicyclic) bond motifs is 7. The Kier molecular flexibility index (Phi) is 5.22. The summed E-state index contributed by atoms with van der Waals surface area (Å²) in [5.74, 6) is 0.0360. The summed E-state index contributed by atoms with van der Waals surface area (Å²) < 4.78 is 1.02. The van der Waals surface area contributed by atoms with Crippen LogP contribution in [-0.4, -0.2) is 32.1 Å². The Balaban J connectivity index is 1.54. The number of aliphatic carboxylic acids is 1. The zero-order chi connectivity index (χ0) is 24.1. The van der Waals surface area contributed by atoms with E-state index in [2.05, 4.69) is 85.8 Å². The summed E-state index contributed by atoms with van der Waals surface area (Å²) in [7, 11) is 0. The highest BCUT2D eigenvalue weighted by Crippen LogP contribution is 2.38. The first-order valence-electron chi connectivity index (χ1n) is 11.6. The lowest BCUT2D eigenvalue weighted by molar-refractivity contribution is -0.137. The molecule has 2 aromatic heterocycles. The van der Waals surface area contributed by atoms with E-state index in [0.29, 0.717) is 6.42 Å². The molecule has 0 bridgehead atoms. The van der Waals surface area contributed by atoms with Gasteiger partial charge in [0.1, 0.15) is 5.82 Å². The molecule has 1 unspecified atom stereocenters. The standard InChI is InChI=1S/C28H23BrN4O2/c1-15(6-11-25(34)35)31-17-8-9-19-18-4-2-3-5-20(18)26-27(22(19)13-17)33-28(32-26)23-14-30-24-10-7-16(29)12-21(23)24/h2-5,7-10,12-15,30-31H,6,11H2,1H3,(H,32,33)(H,34,35). The van der Waals surface area contributed by atoms with Crippen LogP contribution < -0.4 is 5.32 Å². The van der Waals surface area contributed by atoms with Crippen molar-refractivity contribution in [3.63, 3.8) is 0 Å². The Bertz CT molecular complexity index is 1750. The number of nitrogens with zero attached hydrogens (tertiary/aromatic N) is 1. The summed E-state index contributed by atoms with van der Waals surface area (Å²) in [6.45, 7) is 2.00. The highest BCUT2D eigenvalue weighted by molar-refractivity contribution is 9.10. The Morgan fingerprint density at radius 3 is 2.66 bits per heavy atom. The number of hydrogen-bond donors (Lipinski definition) is 4. The number of carboxylic acids is 1. The van der Waals surface area contributed by atoms with Crippen LogP contribution in [0.15, 0.2) is 71.3 Å². The number of carbonyl (C=O) groups is 1. The van der Waals surface area contributed by atoms with E-state index in [1.807, 2.05) is 19.2 Å². The molecule has 35 heavy (non-hydrogen) atoms. The van der Waals surface area contributed by atoms with E-state index >= 15 is 0 Å². The first kappa shape index (κ1) is 21.7. The Morgan fingerprint density at radius 2 is 1.83 bits per heavy atom. The van der Waals surface area contributed by atoms with Gasteiger partial charge in [-0.25, -0.2) is 4.98 Å². The normalized spacial score (nSPS) is 12.6.